The van der Waals surface area contributed by atoms with Crippen molar-refractivity contribution >= 4 is 16.9 Å². The molecule has 5 nitrogen and oxygen atoms in total. The van der Waals surface area contributed by atoms with Gasteiger partial charge >= 0.3 is 0 Å². The molecule has 0 saturated heterocycles. The molecule has 114 valence electrons. The highest BCUT2D eigenvalue weighted by Crippen LogP contribution is 2.24. The number of fused-ring (bicyclic) bond motifs is 1. The highest BCUT2D eigenvalue weighted by Gasteiger charge is 2.13. The Morgan fingerprint density at radius 2 is 2.09 bits per heavy atom. The van der Waals surface area contributed by atoms with E-state index in [0.29, 0.717) is 0 Å². The number of aromatic nitrogens is 4. The van der Waals surface area contributed by atoms with E-state index in [1.165, 1.54) is 12.0 Å². The highest BCUT2D eigenvalue weighted by molar-refractivity contribution is 5.87. The largest absolute Gasteiger partial charge is 0.359 e. The number of nitrogens with zero attached hydrogens (tertiary/aromatic N) is 5. The molecule has 0 saturated carbocycles. The zero-order chi connectivity index (χ0) is 15.5. The third-order valence-corrected chi connectivity index (χ3v) is 3.80. The predicted molar refractivity (Wildman–Crippen MR) is 89.6 cm³/mol. The zero-order valence-corrected chi connectivity index (χ0v) is 13.3. The monoisotopic (exact) mass is 295 g/mol. The zero-order valence-electron chi connectivity index (χ0n) is 13.3. The van der Waals surface area contributed by atoms with Gasteiger partial charge in [0.15, 0.2) is 5.65 Å². The Hall–Kier alpha value is -2.43. The molecule has 2 aromatic heterocycles. The third-order valence-electron chi connectivity index (χ3n) is 3.80. The number of rotatable bonds is 5. The highest BCUT2D eigenvalue weighted by atomic mass is 15.3. The first-order valence-electron chi connectivity index (χ1n) is 7.67. The molecule has 3 rings (SSSR count). The van der Waals surface area contributed by atoms with E-state index in [4.69, 9.17) is 0 Å². The Balaban J connectivity index is 2.05. The lowest BCUT2D eigenvalue weighted by atomic mass is 10.2. The normalized spacial score (nSPS) is 11.0. The van der Waals surface area contributed by atoms with E-state index in [2.05, 4.69) is 53.0 Å². The maximum atomic E-state index is 4.52. The minimum absolute atomic E-state index is 0.846. The summed E-state index contributed by atoms with van der Waals surface area (Å²) in [5.74, 6) is 0.942. The fraction of sp³-hybridized carbons (Fsp3) is 0.353. The summed E-state index contributed by atoms with van der Waals surface area (Å²) in [6.07, 6.45) is 5.79. The van der Waals surface area contributed by atoms with Gasteiger partial charge in [-0.1, -0.05) is 25.5 Å². The lowest BCUT2D eigenvalue weighted by molar-refractivity contribution is 0.761. The van der Waals surface area contributed by atoms with Crippen LogP contribution in [-0.4, -0.2) is 33.3 Å². The number of benzene rings is 1. The summed E-state index contributed by atoms with van der Waals surface area (Å²) >= 11 is 0. The Morgan fingerprint density at radius 1 is 1.23 bits per heavy atom. The fourth-order valence-electron chi connectivity index (χ4n) is 2.59. The molecule has 1 aromatic carbocycles. The summed E-state index contributed by atoms with van der Waals surface area (Å²) in [6, 6.07) is 8.26. The first-order valence-corrected chi connectivity index (χ1v) is 7.67. The number of hydrogen-bond donors (Lipinski definition) is 0. The Morgan fingerprint density at radius 3 is 2.86 bits per heavy atom. The Labute approximate surface area is 130 Å². The van der Waals surface area contributed by atoms with Crippen molar-refractivity contribution in [2.75, 3.05) is 18.5 Å². The van der Waals surface area contributed by atoms with Gasteiger partial charge in [0, 0.05) is 13.6 Å². The molecule has 0 radical (unpaired) electrons. The van der Waals surface area contributed by atoms with Crippen LogP contribution in [0.1, 0.15) is 25.3 Å². The Bertz CT molecular complexity index is 778. The van der Waals surface area contributed by atoms with Gasteiger partial charge in [-0.25, -0.2) is 14.6 Å². The van der Waals surface area contributed by atoms with Gasteiger partial charge < -0.3 is 4.90 Å². The molecule has 0 bridgehead atoms. The molecule has 0 fully saturated rings. The van der Waals surface area contributed by atoms with Gasteiger partial charge in [0.2, 0.25) is 0 Å². The van der Waals surface area contributed by atoms with Crippen molar-refractivity contribution in [2.45, 2.75) is 26.7 Å². The summed E-state index contributed by atoms with van der Waals surface area (Å²) in [5, 5.41) is 5.51. The van der Waals surface area contributed by atoms with Gasteiger partial charge in [-0.05, 0) is 31.0 Å². The molecule has 0 aliphatic carbocycles. The van der Waals surface area contributed by atoms with Gasteiger partial charge in [0.05, 0.1) is 17.3 Å². The van der Waals surface area contributed by atoms with Crippen LogP contribution in [0.25, 0.3) is 16.7 Å². The molecule has 0 amide bonds. The molecule has 0 atom stereocenters. The fourth-order valence-corrected chi connectivity index (χ4v) is 2.59. The summed E-state index contributed by atoms with van der Waals surface area (Å²) in [4.78, 5) is 11.1. The van der Waals surface area contributed by atoms with Crippen LogP contribution >= 0.6 is 0 Å². The Kier molecular flexibility index (Phi) is 4.04. The quantitative estimate of drug-likeness (QED) is 0.724. The van der Waals surface area contributed by atoms with Crippen LogP contribution in [0.2, 0.25) is 0 Å². The predicted octanol–water partition coefficient (Wildman–Crippen LogP) is 3.36. The number of hydrogen-bond acceptors (Lipinski definition) is 4. The summed E-state index contributed by atoms with van der Waals surface area (Å²) in [7, 11) is 2.07. The molecule has 0 aliphatic rings. The first-order chi connectivity index (χ1) is 10.7. The van der Waals surface area contributed by atoms with Gasteiger partial charge in [-0.2, -0.15) is 5.10 Å². The van der Waals surface area contributed by atoms with Crippen molar-refractivity contribution < 1.29 is 0 Å². The van der Waals surface area contributed by atoms with Gasteiger partial charge in [0.25, 0.3) is 0 Å². The molecule has 22 heavy (non-hydrogen) atoms. The maximum absolute atomic E-state index is 4.52. The maximum Gasteiger partial charge on any atom is 0.168 e. The van der Waals surface area contributed by atoms with Crippen LogP contribution in [0.3, 0.4) is 0 Å². The molecule has 2 heterocycles. The van der Waals surface area contributed by atoms with Crippen LogP contribution in [0, 0.1) is 6.92 Å². The minimum Gasteiger partial charge on any atom is -0.359 e. The van der Waals surface area contributed by atoms with Crippen molar-refractivity contribution in [2.24, 2.45) is 0 Å². The minimum atomic E-state index is 0.846. The molecule has 0 aliphatic heterocycles. The number of unbranched alkanes of at least 4 members (excludes halogenated alkanes) is 1. The number of aryl methyl sites for hydroxylation is 1. The van der Waals surface area contributed by atoms with E-state index in [-0.39, 0.29) is 0 Å². The summed E-state index contributed by atoms with van der Waals surface area (Å²) in [6.45, 7) is 5.26. The molecular formula is C17H21N5. The van der Waals surface area contributed by atoms with E-state index in [9.17, 15) is 0 Å². The average molecular weight is 295 g/mol. The SMILES string of the molecule is CCCCN(C)c1ncnc2c1cnn2-c1cccc(C)c1. The van der Waals surface area contributed by atoms with Crippen molar-refractivity contribution in [3.05, 3.63) is 42.4 Å². The van der Waals surface area contributed by atoms with Crippen molar-refractivity contribution in [1.82, 2.24) is 19.7 Å². The lowest BCUT2D eigenvalue weighted by Crippen LogP contribution is -2.19. The molecular weight excluding hydrogens is 274 g/mol. The third kappa shape index (κ3) is 2.66. The smallest absolute Gasteiger partial charge is 0.168 e. The first kappa shape index (κ1) is 14.5. The van der Waals surface area contributed by atoms with Gasteiger partial charge in [0.1, 0.15) is 12.1 Å². The average Bonchev–Trinajstić information content (AvgIpc) is 2.96. The second-order valence-corrected chi connectivity index (χ2v) is 5.61. The standard InChI is InChI=1S/C17H21N5/c1-4-5-9-21(3)16-15-11-20-22(17(15)19-12-18-16)14-8-6-7-13(2)10-14/h6-8,10-12H,4-5,9H2,1-3H3. The van der Waals surface area contributed by atoms with Crippen LogP contribution in [-0.2, 0) is 0 Å². The molecule has 0 N–H and O–H groups in total. The van der Waals surface area contributed by atoms with Gasteiger partial charge in [-0.3, -0.25) is 0 Å². The molecule has 5 heteroatoms. The van der Waals surface area contributed by atoms with Crippen molar-refractivity contribution in [3.63, 3.8) is 0 Å². The lowest BCUT2D eigenvalue weighted by Gasteiger charge is -2.18. The molecule has 3 aromatic rings. The summed E-state index contributed by atoms with van der Waals surface area (Å²) < 4.78 is 1.88. The van der Waals surface area contributed by atoms with E-state index < -0.39 is 0 Å². The topological polar surface area (TPSA) is 46.8 Å². The second-order valence-electron chi connectivity index (χ2n) is 5.61. The van der Waals surface area contributed by atoms with E-state index in [1.807, 2.05) is 23.0 Å². The van der Waals surface area contributed by atoms with Gasteiger partial charge in [-0.15, -0.1) is 0 Å². The van der Waals surface area contributed by atoms with E-state index in [1.54, 1.807) is 6.33 Å². The summed E-state index contributed by atoms with van der Waals surface area (Å²) in [5.41, 5.74) is 3.07. The van der Waals surface area contributed by atoms with E-state index >= 15 is 0 Å². The number of anilines is 1. The van der Waals surface area contributed by atoms with Crippen molar-refractivity contribution in [1.29, 1.82) is 0 Å². The van der Waals surface area contributed by atoms with Crippen LogP contribution < -0.4 is 4.90 Å². The van der Waals surface area contributed by atoms with E-state index in [0.717, 1.165) is 35.5 Å². The molecule has 0 spiro atoms. The van der Waals surface area contributed by atoms with Crippen molar-refractivity contribution in [3.8, 4) is 5.69 Å². The van der Waals surface area contributed by atoms with Crippen LogP contribution in [0.4, 0.5) is 5.82 Å². The van der Waals surface area contributed by atoms with Crippen LogP contribution in [0.5, 0.6) is 0 Å². The van der Waals surface area contributed by atoms with Crippen LogP contribution in [0.15, 0.2) is 36.8 Å². The second kappa shape index (κ2) is 6.13. The molecule has 0 unspecified atom stereocenters.